The first-order valence-electron chi connectivity index (χ1n) is 6.10. The summed E-state index contributed by atoms with van der Waals surface area (Å²) in [6.07, 6.45) is 1.22. The van der Waals surface area contributed by atoms with Crippen LogP contribution in [-0.4, -0.2) is 56.1 Å². The number of rotatable bonds is 8. The molecule has 0 aromatic rings. The van der Waals surface area contributed by atoms with Gasteiger partial charge in [-0.25, -0.2) is 0 Å². The minimum Gasteiger partial charge on any atom is -0.328 e. The highest BCUT2D eigenvalue weighted by molar-refractivity contribution is 4.69. The molecule has 15 heavy (non-hydrogen) atoms. The monoisotopic (exact) mass is 215 g/mol. The third-order valence-electron chi connectivity index (χ3n) is 2.85. The number of likely N-dealkylation sites (N-methyl/N-ethyl adjacent to an activating group) is 1. The second-order valence-corrected chi connectivity index (χ2v) is 4.94. The van der Waals surface area contributed by atoms with E-state index in [4.69, 9.17) is 5.73 Å². The largest absolute Gasteiger partial charge is 0.328 e. The molecule has 0 fully saturated rings. The number of nitrogens with two attached hydrogens (primary N) is 1. The molecule has 0 bridgehead atoms. The zero-order valence-electron chi connectivity index (χ0n) is 11.2. The van der Waals surface area contributed by atoms with E-state index in [0.29, 0.717) is 12.0 Å². The van der Waals surface area contributed by atoms with E-state index in [0.717, 1.165) is 19.6 Å². The van der Waals surface area contributed by atoms with Gasteiger partial charge in [-0.15, -0.1) is 0 Å². The van der Waals surface area contributed by atoms with Crippen molar-refractivity contribution in [1.29, 1.82) is 0 Å². The summed E-state index contributed by atoms with van der Waals surface area (Å²) in [4.78, 5) is 4.76. The van der Waals surface area contributed by atoms with Gasteiger partial charge in [0.1, 0.15) is 0 Å². The smallest absolute Gasteiger partial charge is 0.0109 e. The Balaban J connectivity index is 3.91. The molecule has 3 nitrogen and oxygen atoms in total. The lowest BCUT2D eigenvalue weighted by Crippen LogP contribution is -2.39. The van der Waals surface area contributed by atoms with Crippen LogP contribution < -0.4 is 5.73 Å². The summed E-state index contributed by atoms with van der Waals surface area (Å²) >= 11 is 0. The van der Waals surface area contributed by atoms with Crippen molar-refractivity contribution < 1.29 is 0 Å². The van der Waals surface area contributed by atoms with E-state index in [-0.39, 0.29) is 0 Å². The molecule has 0 spiro atoms. The summed E-state index contributed by atoms with van der Waals surface area (Å²) in [6.45, 7) is 11.2. The molecule has 0 amide bonds. The van der Waals surface area contributed by atoms with Crippen molar-refractivity contribution in [2.75, 3.05) is 40.3 Å². The van der Waals surface area contributed by atoms with E-state index < -0.39 is 0 Å². The fourth-order valence-corrected chi connectivity index (χ4v) is 1.53. The van der Waals surface area contributed by atoms with E-state index in [1.54, 1.807) is 0 Å². The molecule has 0 heterocycles. The SMILES string of the molecule is CCCN(CCN(C)C)CC(C)C(C)N. The van der Waals surface area contributed by atoms with Crippen molar-refractivity contribution in [2.45, 2.75) is 33.2 Å². The van der Waals surface area contributed by atoms with Crippen LogP contribution in [-0.2, 0) is 0 Å². The minimum absolute atomic E-state index is 0.295. The van der Waals surface area contributed by atoms with Crippen molar-refractivity contribution in [3.05, 3.63) is 0 Å². The van der Waals surface area contributed by atoms with Gasteiger partial charge >= 0.3 is 0 Å². The fraction of sp³-hybridized carbons (Fsp3) is 1.00. The van der Waals surface area contributed by atoms with Gasteiger partial charge in [-0.05, 0) is 39.9 Å². The van der Waals surface area contributed by atoms with Crippen molar-refractivity contribution in [3.8, 4) is 0 Å². The summed E-state index contributed by atoms with van der Waals surface area (Å²) in [5, 5.41) is 0. The van der Waals surface area contributed by atoms with Crippen molar-refractivity contribution in [2.24, 2.45) is 11.7 Å². The van der Waals surface area contributed by atoms with E-state index >= 15 is 0 Å². The molecule has 0 aliphatic rings. The average molecular weight is 215 g/mol. The van der Waals surface area contributed by atoms with Crippen LogP contribution in [0.3, 0.4) is 0 Å². The highest BCUT2D eigenvalue weighted by Crippen LogP contribution is 2.04. The standard InChI is InChI=1S/C12H29N3/c1-6-7-15(9-8-14(4)5)10-11(2)12(3)13/h11-12H,6-10,13H2,1-5H3. The van der Waals surface area contributed by atoms with Crippen LogP contribution in [0, 0.1) is 5.92 Å². The number of hydrogen-bond acceptors (Lipinski definition) is 3. The highest BCUT2D eigenvalue weighted by atomic mass is 15.2. The molecule has 0 rings (SSSR count). The first-order valence-corrected chi connectivity index (χ1v) is 6.10. The van der Waals surface area contributed by atoms with Gasteiger partial charge in [-0.1, -0.05) is 13.8 Å². The molecule has 0 radical (unpaired) electrons. The Kier molecular flexibility index (Phi) is 8.02. The molecule has 2 atom stereocenters. The molecular weight excluding hydrogens is 186 g/mol. The molecule has 0 aromatic heterocycles. The summed E-state index contributed by atoms with van der Waals surface area (Å²) < 4.78 is 0. The Labute approximate surface area is 95.6 Å². The van der Waals surface area contributed by atoms with Gasteiger partial charge in [-0.3, -0.25) is 0 Å². The first-order chi connectivity index (χ1) is 6.97. The Morgan fingerprint density at radius 3 is 2.07 bits per heavy atom. The highest BCUT2D eigenvalue weighted by Gasteiger charge is 2.12. The Morgan fingerprint density at radius 2 is 1.67 bits per heavy atom. The van der Waals surface area contributed by atoms with Crippen LogP contribution in [0.5, 0.6) is 0 Å². The second kappa shape index (κ2) is 8.08. The molecule has 2 N–H and O–H groups in total. The molecule has 0 aliphatic carbocycles. The third kappa shape index (κ3) is 7.77. The lowest BCUT2D eigenvalue weighted by Gasteiger charge is -2.28. The maximum atomic E-state index is 5.90. The Hall–Kier alpha value is -0.120. The van der Waals surface area contributed by atoms with Gasteiger partial charge in [-0.2, -0.15) is 0 Å². The summed E-state index contributed by atoms with van der Waals surface area (Å²) in [5.74, 6) is 0.582. The average Bonchev–Trinajstić information content (AvgIpc) is 2.14. The quantitative estimate of drug-likeness (QED) is 0.661. The van der Waals surface area contributed by atoms with E-state index in [9.17, 15) is 0 Å². The summed E-state index contributed by atoms with van der Waals surface area (Å²) in [7, 11) is 4.25. The first kappa shape index (κ1) is 14.9. The number of nitrogens with zero attached hydrogens (tertiary/aromatic N) is 2. The van der Waals surface area contributed by atoms with Crippen LogP contribution in [0.15, 0.2) is 0 Å². The van der Waals surface area contributed by atoms with Crippen LogP contribution in [0.25, 0.3) is 0 Å². The predicted molar refractivity (Wildman–Crippen MR) is 68.1 cm³/mol. The van der Waals surface area contributed by atoms with Gasteiger partial charge in [0, 0.05) is 25.7 Å². The maximum absolute atomic E-state index is 5.90. The molecule has 2 unspecified atom stereocenters. The summed E-state index contributed by atoms with van der Waals surface area (Å²) in [5.41, 5.74) is 5.90. The second-order valence-electron chi connectivity index (χ2n) is 4.94. The zero-order valence-corrected chi connectivity index (χ0v) is 11.2. The van der Waals surface area contributed by atoms with Gasteiger partial charge in [0.05, 0.1) is 0 Å². The van der Waals surface area contributed by atoms with Crippen molar-refractivity contribution in [1.82, 2.24) is 9.80 Å². The van der Waals surface area contributed by atoms with Gasteiger partial charge < -0.3 is 15.5 Å². The lowest BCUT2D eigenvalue weighted by molar-refractivity contribution is 0.205. The minimum atomic E-state index is 0.295. The van der Waals surface area contributed by atoms with Crippen molar-refractivity contribution >= 4 is 0 Å². The molecule has 0 saturated heterocycles. The number of hydrogen-bond donors (Lipinski definition) is 1. The van der Waals surface area contributed by atoms with Crippen molar-refractivity contribution in [3.63, 3.8) is 0 Å². The maximum Gasteiger partial charge on any atom is 0.0109 e. The van der Waals surface area contributed by atoms with E-state index in [1.807, 2.05) is 0 Å². The topological polar surface area (TPSA) is 32.5 Å². The molecule has 3 heteroatoms. The van der Waals surface area contributed by atoms with Gasteiger partial charge in [0.2, 0.25) is 0 Å². The lowest BCUT2D eigenvalue weighted by atomic mass is 10.0. The third-order valence-corrected chi connectivity index (χ3v) is 2.85. The molecular formula is C12H29N3. The normalized spacial score (nSPS) is 16.0. The van der Waals surface area contributed by atoms with Crippen LogP contribution in [0.1, 0.15) is 27.2 Å². The van der Waals surface area contributed by atoms with Crippen LogP contribution >= 0.6 is 0 Å². The van der Waals surface area contributed by atoms with E-state index in [1.165, 1.54) is 13.0 Å². The molecule has 0 saturated carbocycles. The van der Waals surface area contributed by atoms with Crippen LogP contribution in [0.2, 0.25) is 0 Å². The molecule has 92 valence electrons. The van der Waals surface area contributed by atoms with E-state index in [2.05, 4.69) is 44.7 Å². The molecule has 0 aliphatic heterocycles. The Bertz CT molecular complexity index is 146. The van der Waals surface area contributed by atoms with Crippen LogP contribution in [0.4, 0.5) is 0 Å². The fourth-order valence-electron chi connectivity index (χ4n) is 1.53. The summed E-state index contributed by atoms with van der Waals surface area (Å²) in [6, 6.07) is 0.295. The van der Waals surface area contributed by atoms with Gasteiger partial charge in [0.25, 0.3) is 0 Å². The Morgan fingerprint density at radius 1 is 1.07 bits per heavy atom. The predicted octanol–water partition coefficient (Wildman–Crippen LogP) is 1.24. The zero-order chi connectivity index (χ0) is 11.8. The molecule has 0 aromatic carbocycles. The van der Waals surface area contributed by atoms with Gasteiger partial charge in [0.15, 0.2) is 0 Å².